The average Bonchev–Trinajstić information content (AvgIpc) is 2.50. The third kappa shape index (κ3) is 2.51. The zero-order valence-corrected chi connectivity index (χ0v) is 8.58. The molecule has 0 aromatic carbocycles. The molecule has 0 N–H and O–H groups in total. The van der Waals surface area contributed by atoms with Crippen molar-refractivity contribution in [1.29, 1.82) is 0 Å². The number of hydrogen-bond donors (Lipinski definition) is 0. The third-order valence-corrected chi connectivity index (χ3v) is 2.75. The summed E-state index contributed by atoms with van der Waals surface area (Å²) in [4.78, 5) is 12.9. The van der Waals surface area contributed by atoms with Crippen LogP contribution in [0.4, 0.5) is 0 Å². The Morgan fingerprint density at radius 1 is 1.54 bits per heavy atom. The molecule has 1 aliphatic rings. The van der Waals surface area contributed by atoms with Crippen molar-refractivity contribution in [3.63, 3.8) is 0 Å². The number of likely N-dealkylation sites (tertiary alicyclic amines) is 1. The van der Waals surface area contributed by atoms with Crippen molar-refractivity contribution in [2.24, 2.45) is 0 Å². The molecule has 0 saturated carbocycles. The van der Waals surface area contributed by atoms with Crippen LogP contribution in [0.3, 0.4) is 0 Å². The van der Waals surface area contributed by atoms with Crippen LogP contribution < -0.4 is 0 Å². The lowest BCUT2D eigenvalue weighted by Crippen LogP contribution is -2.36. The van der Waals surface area contributed by atoms with E-state index in [0.717, 1.165) is 32.3 Å². The molecule has 1 fully saturated rings. The first-order valence-corrected chi connectivity index (χ1v) is 5.06. The number of rotatable bonds is 5. The Morgan fingerprint density at radius 2 is 2.31 bits per heavy atom. The molecule has 76 valence electrons. The number of ether oxygens (including phenoxy) is 1. The van der Waals surface area contributed by atoms with E-state index >= 15 is 0 Å². The summed E-state index contributed by atoms with van der Waals surface area (Å²) < 4.78 is 5.69. The number of hydrogen-bond acceptors (Lipinski definition) is 3. The molecule has 1 atom stereocenters. The largest absolute Gasteiger partial charge is 0.373 e. The lowest BCUT2D eigenvalue weighted by molar-refractivity contribution is -0.114. The topological polar surface area (TPSA) is 29.5 Å². The van der Waals surface area contributed by atoms with Crippen LogP contribution >= 0.6 is 0 Å². The van der Waals surface area contributed by atoms with E-state index in [2.05, 4.69) is 11.8 Å². The maximum atomic E-state index is 10.5. The van der Waals surface area contributed by atoms with E-state index in [4.69, 9.17) is 4.74 Å². The van der Waals surface area contributed by atoms with Crippen molar-refractivity contribution in [1.82, 2.24) is 4.90 Å². The summed E-state index contributed by atoms with van der Waals surface area (Å²) in [7, 11) is 0. The van der Waals surface area contributed by atoms with E-state index in [1.165, 1.54) is 0 Å². The molecule has 0 radical (unpaired) electrons. The number of likely N-dealkylation sites (N-methyl/N-ethyl adjacent to an activating group) is 1. The Hall–Kier alpha value is -0.410. The molecule has 1 aliphatic heterocycles. The van der Waals surface area contributed by atoms with Gasteiger partial charge >= 0.3 is 0 Å². The van der Waals surface area contributed by atoms with Crippen LogP contribution in [0.25, 0.3) is 0 Å². The first-order valence-electron chi connectivity index (χ1n) is 5.06. The quantitative estimate of drug-likeness (QED) is 0.600. The molecule has 3 nitrogen and oxygen atoms in total. The van der Waals surface area contributed by atoms with Gasteiger partial charge in [0.05, 0.1) is 5.60 Å². The molecule has 1 saturated heterocycles. The molecular formula is C10H19NO2. The van der Waals surface area contributed by atoms with Gasteiger partial charge in [-0.1, -0.05) is 6.92 Å². The van der Waals surface area contributed by atoms with Crippen molar-refractivity contribution < 1.29 is 9.53 Å². The smallest absolute Gasteiger partial charge is 0.122 e. The van der Waals surface area contributed by atoms with Gasteiger partial charge in [-0.25, -0.2) is 0 Å². The minimum Gasteiger partial charge on any atom is -0.373 e. The molecule has 0 aliphatic carbocycles. The molecule has 0 bridgehead atoms. The molecule has 0 spiro atoms. The zero-order chi connectivity index (χ0) is 9.73. The predicted molar refractivity (Wildman–Crippen MR) is 51.8 cm³/mol. The van der Waals surface area contributed by atoms with Gasteiger partial charge in [0.25, 0.3) is 0 Å². The molecule has 0 aromatic rings. The fraction of sp³-hybridized carbons (Fsp3) is 0.900. The maximum absolute atomic E-state index is 10.5. The number of aldehydes is 1. The highest BCUT2D eigenvalue weighted by molar-refractivity contribution is 5.51. The van der Waals surface area contributed by atoms with Gasteiger partial charge in [0, 0.05) is 26.1 Å². The second-order valence-electron chi connectivity index (χ2n) is 3.61. The summed E-state index contributed by atoms with van der Waals surface area (Å²) in [6.45, 7) is 7.85. The van der Waals surface area contributed by atoms with Crippen molar-refractivity contribution in [2.75, 3.05) is 26.2 Å². The van der Waals surface area contributed by atoms with Gasteiger partial charge < -0.3 is 14.4 Å². The third-order valence-electron chi connectivity index (χ3n) is 2.75. The minimum atomic E-state index is -0.174. The van der Waals surface area contributed by atoms with Crippen LogP contribution in [0.1, 0.15) is 26.7 Å². The van der Waals surface area contributed by atoms with Crippen molar-refractivity contribution >= 4 is 6.29 Å². The highest BCUT2D eigenvalue weighted by Crippen LogP contribution is 2.27. The molecule has 13 heavy (non-hydrogen) atoms. The Labute approximate surface area is 80.1 Å². The van der Waals surface area contributed by atoms with E-state index < -0.39 is 0 Å². The van der Waals surface area contributed by atoms with E-state index in [0.29, 0.717) is 13.0 Å². The fourth-order valence-corrected chi connectivity index (χ4v) is 2.00. The van der Waals surface area contributed by atoms with Crippen LogP contribution in [0.5, 0.6) is 0 Å². The molecule has 1 rings (SSSR count). The van der Waals surface area contributed by atoms with Crippen LogP contribution in [-0.4, -0.2) is 43.0 Å². The summed E-state index contributed by atoms with van der Waals surface area (Å²) in [6, 6.07) is 0. The lowest BCUT2D eigenvalue weighted by Gasteiger charge is -2.27. The molecule has 1 heterocycles. The second kappa shape index (κ2) is 4.72. The summed E-state index contributed by atoms with van der Waals surface area (Å²) in [5.41, 5.74) is -0.174. The van der Waals surface area contributed by atoms with Gasteiger partial charge in [0.1, 0.15) is 6.29 Å². The van der Waals surface area contributed by atoms with E-state index in [9.17, 15) is 4.79 Å². The summed E-state index contributed by atoms with van der Waals surface area (Å²) in [6.07, 6.45) is 2.51. The SMILES string of the molecule is CCOC1(CC=O)CCN(CC)C1. The molecule has 3 heteroatoms. The first kappa shape index (κ1) is 10.7. The van der Waals surface area contributed by atoms with Crippen LogP contribution in [0.2, 0.25) is 0 Å². The Balaban J connectivity index is 2.53. The highest BCUT2D eigenvalue weighted by atomic mass is 16.5. The fourth-order valence-electron chi connectivity index (χ4n) is 2.00. The van der Waals surface area contributed by atoms with Crippen LogP contribution in [0.15, 0.2) is 0 Å². The standard InChI is InChI=1S/C10H19NO2/c1-3-11-7-5-10(9-11,6-8-12)13-4-2/h8H,3-7,9H2,1-2H3. The van der Waals surface area contributed by atoms with Crippen molar-refractivity contribution in [2.45, 2.75) is 32.3 Å². The molecular weight excluding hydrogens is 166 g/mol. The van der Waals surface area contributed by atoms with E-state index in [1.54, 1.807) is 0 Å². The molecule has 0 amide bonds. The Bertz CT molecular complexity index is 172. The van der Waals surface area contributed by atoms with E-state index in [-0.39, 0.29) is 5.60 Å². The lowest BCUT2D eigenvalue weighted by atomic mass is 9.99. The Morgan fingerprint density at radius 3 is 2.77 bits per heavy atom. The van der Waals surface area contributed by atoms with Gasteiger partial charge in [0.15, 0.2) is 0 Å². The molecule has 0 aromatic heterocycles. The van der Waals surface area contributed by atoms with Gasteiger partial charge in [-0.2, -0.15) is 0 Å². The predicted octanol–water partition coefficient (Wildman–Crippen LogP) is 1.08. The van der Waals surface area contributed by atoms with Gasteiger partial charge in [-0.15, -0.1) is 0 Å². The highest BCUT2D eigenvalue weighted by Gasteiger charge is 2.37. The molecule has 1 unspecified atom stereocenters. The van der Waals surface area contributed by atoms with Crippen molar-refractivity contribution in [3.8, 4) is 0 Å². The summed E-state index contributed by atoms with van der Waals surface area (Å²) >= 11 is 0. The maximum Gasteiger partial charge on any atom is 0.122 e. The van der Waals surface area contributed by atoms with Gasteiger partial charge in [-0.05, 0) is 19.9 Å². The summed E-state index contributed by atoms with van der Waals surface area (Å²) in [5, 5.41) is 0. The van der Waals surface area contributed by atoms with Crippen LogP contribution in [0, 0.1) is 0 Å². The monoisotopic (exact) mass is 185 g/mol. The minimum absolute atomic E-state index is 0.174. The van der Waals surface area contributed by atoms with Crippen LogP contribution in [-0.2, 0) is 9.53 Å². The van der Waals surface area contributed by atoms with Gasteiger partial charge in [0.2, 0.25) is 0 Å². The summed E-state index contributed by atoms with van der Waals surface area (Å²) in [5.74, 6) is 0. The normalized spacial score (nSPS) is 29.4. The Kier molecular flexibility index (Phi) is 3.88. The number of carbonyl (C=O) groups excluding carboxylic acids is 1. The zero-order valence-electron chi connectivity index (χ0n) is 8.58. The van der Waals surface area contributed by atoms with Gasteiger partial charge in [-0.3, -0.25) is 0 Å². The first-order chi connectivity index (χ1) is 6.26. The number of nitrogens with zero attached hydrogens (tertiary/aromatic N) is 1. The van der Waals surface area contributed by atoms with E-state index in [1.807, 2.05) is 6.92 Å². The second-order valence-corrected chi connectivity index (χ2v) is 3.61. The average molecular weight is 185 g/mol. The number of carbonyl (C=O) groups is 1. The van der Waals surface area contributed by atoms with Crippen molar-refractivity contribution in [3.05, 3.63) is 0 Å².